The van der Waals surface area contributed by atoms with Gasteiger partial charge < -0.3 is 0 Å². The first kappa shape index (κ1) is 26.2. The summed E-state index contributed by atoms with van der Waals surface area (Å²) >= 11 is 0. The van der Waals surface area contributed by atoms with Crippen molar-refractivity contribution in [2.45, 2.75) is 33.6 Å². The van der Waals surface area contributed by atoms with E-state index >= 15 is 0 Å². The van der Waals surface area contributed by atoms with Gasteiger partial charge in [0.15, 0.2) is 0 Å². The number of hydrogen-bond donors (Lipinski definition) is 0. The van der Waals surface area contributed by atoms with Crippen LogP contribution >= 0.6 is 0 Å². The number of benzene rings is 5. The van der Waals surface area contributed by atoms with Crippen molar-refractivity contribution in [2.24, 2.45) is 5.92 Å². The van der Waals surface area contributed by atoms with Crippen molar-refractivity contribution in [1.29, 1.82) is 0 Å². The Morgan fingerprint density at radius 2 is 1.24 bits per heavy atom. The molecule has 0 fully saturated rings. The van der Waals surface area contributed by atoms with Crippen molar-refractivity contribution in [3.8, 4) is 33.5 Å². The standard InChI is InChI=1S/C41H35N/c1-4-29-16-21-32(25-27(29)2)30-17-19-31(20-18-30)40-35-11-5-7-13-37(35)41(38-14-8-6-12-36(38)40)34-23-22-33(26-28(34)3)39-15-9-10-24-42-39/h5-15,17-26,29H,4,16H2,1-3H3. The molecule has 6 aromatic rings. The minimum Gasteiger partial charge on any atom is -0.256 e. The Morgan fingerprint density at radius 3 is 1.81 bits per heavy atom. The summed E-state index contributed by atoms with van der Waals surface area (Å²) in [5.74, 6) is 0.680. The highest BCUT2D eigenvalue weighted by Gasteiger charge is 2.19. The normalized spacial score (nSPS) is 15.1. The van der Waals surface area contributed by atoms with E-state index in [-0.39, 0.29) is 0 Å². The second-order valence-electron chi connectivity index (χ2n) is 11.6. The van der Waals surface area contributed by atoms with E-state index in [2.05, 4.69) is 135 Å². The van der Waals surface area contributed by atoms with E-state index < -0.39 is 0 Å². The largest absolute Gasteiger partial charge is 0.256 e. The molecular formula is C41H35N. The summed E-state index contributed by atoms with van der Waals surface area (Å²) < 4.78 is 0. The first-order valence-electron chi connectivity index (χ1n) is 15.1. The van der Waals surface area contributed by atoms with Crippen LogP contribution in [0.25, 0.3) is 60.6 Å². The van der Waals surface area contributed by atoms with Crippen LogP contribution in [0.4, 0.5) is 0 Å². The third-order valence-electron chi connectivity index (χ3n) is 9.04. The zero-order chi connectivity index (χ0) is 28.6. The number of aryl methyl sites for hydroxylation is 1. The number of fused-ring (bicyclic) bond motifs is 2. The van der Waals surface area contributed by atoms with Gasteiger partial charge in [-0.1, -0.05) is 116 Å². The van der Waals surface area contributed by atoms with E-state index in [9.17, 15) is 0 Å². The SMILES string of the molecule is CCC1CC=C(c2ccc(-c3c4ccccc4c(-c4ccc(-c5ccccn5)cc4C)c4ccccc34)cc2)C=C1C. The molecule has 0 bridgehead atoms. The monoisotopic (exact) mass is 541 g/mol. The molecule has 7 rings (SSSR count). The van der Waals surface area contributed by atoms with Crippen LogP contribution in [0.15, 0.2) is 133 Å². The molecule has 1 heterocycles. The molecule has 1 aromatic heterocycles. The summed E-state index contributed by atoms with van der Waals surface area (Å²) in [5, 5.41) is 5.13. The number of pyridine rings is 1. The Hall–Kier alpha value is -4.75. The fourth-order valence-electron chi connectivity index (χ4n) is 6.76. The highest BCUT2D eigenvalue weighted by atomic mass is 14.7. The van der Waals surface area contributed by atoms with Gasteiger partial charge in [-0.25, -0.2) is 0 Å². The molecule has 0 spiro atoms. The average molecular weight is 542 g/mol. The molecule has 0 aliphatic heterocycles. The molecule has 42 heavy (non-hydrogen) atoms. The van der Waals surface area contributed by atoms with E-state index in [0.29, 0.717) is 5.92 Å². The lowest BCUT2D eigenvalue weighted by Crippen LogP contribution is -2.04. The van der Waals surface area contributed by atoms with Gasteiger partial charge in [-0.15, -0.1) is 0 Å². The molecular weight excluding hydrogens is 506 g/mol. The lowest BCUT2D eigenvalue weighted by molar-refractivity contribution is 0.596. The quantitative estimate of drug-likeness (QED) is 0.198. The predicted molar refractivity (Wildman–Crippen MR) is 180 cm³/mol. The molecule has 1 aliphatic rings. The molecule has 1 aliphatic carbocycles. The van der Waals surface area contributed by atoms with Crippen LogP contribution in [0.1, 0.15) is 37.8 Å². The Labute approximate surface area is 248 Å². The summed E-state index contributed by atoms with van der Waals surface area (Å²) in [6, 6.07) is 39.9. The lowest BCUT2D eigenvalue weighted by Gasteiger charge is -2.21. The molecule has 1 unspecified atom stereocenters. The molecule has 1 atom stereocenters. The second-order valence-corrected chi connectivity index (χ2v) is 11.6. The van der Waals surface area contributed by atoms with Crippen LogP contribution in [-0.4, -0.2) is 4.98 Å². The third kappa shape index (κ3) is 4.56. The maximum Gasteiger partial charge on any atom is 0.0702 e. The van der Waals surface area contributed by atoms with E-state index in [1.165, 1.54) is 72.5 Å². The summed E-state index contributed by atoms with van der Waals surface area (Å²) in [4.78, 5) is 4.58. The highest BCUT2D eigenvalue weighted by Crippen LogP contribution is 2.45. The van der Waals surface area contributed by atoms with Crippen LogP contribution in [0.3, 0.4) is 0 Å². The zero-order valence-corrected chi connectivity index (χ0v) is 24.6. The van der Waals surface area contributed by atoms with Crippen molar-refractivity contribution in [3.63, 3.8) is 0 Å². The Balaban J connectivity index is 1.38. The number of aromatic nitrogens is 1. The predicted octanol–water partition coefficient (Wildman–Crippen LogP) is 11.5. The van der Waals surface area contributed by atoms with Gasteiger partial charge in [0, 0.05) is 11.8 Å². The summed E-state index contributed by atoms with van der Waals surface area (Å²) in [6.45, 7) is 6.79. The fourth-order valence-corrected chi connectivity index (χ4v) is 6.76. The maximum atomic E-state index is 4.58. The molecule has 1 heteroatoms. The number of nitrogens with zero attached hydrogens (tertiary/aromatic N) is 1. The van der Waals surface area contributed by atoms with Crippen LogP contribution < -0.4 is 0 Å². The summed E-state index contributed by atoms with van der Waals surface area (Å²) in [6.07, 6.45) is 8.99. The van der Waals surface area contributed by atoms with Crippen molar-refractivity contribution in [2.75, 3.05) is 0 Å². The van der Waals surface area contributed by atoms with Crippen LogP contribution in [0.2, 0.25) is 0 Å². The molecule has 1 nitrogen and oxygen atoms in total. The van der Waals surface area contributed by atoms with Crippen LogP contribution in [-0.2, 0) is 0 Å². The Bertz CT molecular complexity index is 1930. The Kier molecular flexibility index (Phi) is 6.80. The van der Waals surface area contributed by atoms with Gasteiger partial charge in [0.05, 0.1) is 5.69 Å². The van der Waals surface area contributed by atoms with Gasteiger partial charge in [0.2, 0.25) is 0 Å². The first-order chi connectivity index (χ1) is 20.6. The third-order valence-corrected chi connectivity index (χ3v) is 9.04. The average Bonchev–Trinajstić information content (AvgIpc) is 3.04. The minimum atomic E-state index is 0.680. The van der Waals surface area contributed by atoms with E-state index in [1.807, 2.05) is 18.3 Å². The summed E-state index contributed by atoms with van der Waals surface area (Å²) in [5.41, 5.74) is 12.6. The second kappa shape index (κ2) is 10.9. The van der Waals surface area contributed by atoms with Gasteiger partial charge in [0.25, 0.3) is 0 Å². The topological polar surface area (TPSA) is 12.9 Å². The number of allylic oxidation sites excluding steroid dienone is 4. The smallest absolute Gasteiger partial charge is 0.0702 e. The molecule has 0 saturated heterocycles. The van der Waals surface area contributed by atoms with E-state index in [4.69, 9.17) is 0 Å². The highest BCUT2D eigenvalue weighted by molar-refractivity contribution is 6.21. The first-order valence-corrected chi connectivity index (χ1v) is 15.1. The van der Waals surface area contributed by atoms with Gasteiger partial charge >= 0.3 is 0 Å². The van der Waals surface area contributed by atoms with Crippen molar-refractivity contribution in [3.05, 3.63) is 144 Å². The minimum absolute atomic E-state index is 0.680. The van der Waals surface area contributed by atoms with E-state index in [1.54, 1.807) is 0 Å². The van der Waals surface area contributed by atoms with Gasteiger partial charge in [-0.05, 0) is 111 Å². The van der Waals surface area contributed by atoms with Crippen molar-refractivity contribution < 1.29 is 0 Å². The van der Waals surface area contributed by atoms with Gasteiger partial charge in [-0.2, -0.15) is 0 Å². The molecule has 5 aromatic carbocycles. The lowest BCUT2D eigenvalue weighted by atomic mass is 9.83. The molecule has 0 amide bonds. The van der Waals surface area contributed by atoms with Crippen molar-refractivity contribution >= 4 is 27.1 Å². The number of hydrogen-bond acceptors (Lipinski definition) is 1. The van der Waals surface area contributed by atoms with E-state index in [0.717, 1.165) is 17.7 Å². The van der Waals surface area contributed by atoms with Crippen LogP contribution in [0.5, 0.6) is 0 Å². The van der Waals surface area contributed by atoms with Gasteiger partial charge in [-0.3, -0.25) is 4.98 Å². The molecule has 0 saturated carbocycles. The molecule has 0 N–H and O–H groups in total. The van der Waals surface area contributed by atoms with Gasteiger partial charge in [0.1, 0.15) is 0 Å². The fraction of sp³-hybridized carbons (Fsp3) is 0.146. The Morgan fingerprint density at radius 1 is 0.643 bits per heavy atom. The van der Waals surface area contributed by atoms with Crippen molar-refractivity contribution in [1.82, 2.24) is 4.98 Å². The molecule has 0 radical (unpaired) electrons. The zero-order valence-electron chi connectivity index (χ0n) is 24.6. The van der Waals surface area contributed by atoms with Crippen LogP contribution in [0, 0.1) is 12.8 Å². The maximum absolute atomic E-state index is 4.58. The molecule has 204 valence electrons. The summed E-state index contributed by atoms with van der Waals surface area (Å²) in [7, 11) is 0. The number of rotatable bonds is 5.